The Morgan fingerprint density at radius 2 is 1.94 bits per heavy atom. The summed E-state index contributed by atoms with van der Waals surface area (Å²) in [6.45, 7) is 3.28. The van der Waals surface area contributed by atoms with Crippen molar-refractivity contribution < 1.29 is 49.0 Å². The molecule has 3 rings (SSSR count). The van der Waals surface area contributed by atoms with Crippen molar-refractivity contribution in [3.8, 4) is 5.75 Å². The Bertz CT molecular complexity index is 994. The maximum atomic E-state index is 12.0. The van der Waals surface area contributed by atoms with E-state index in [4.69, 9.17) is 18.9 Å². The average Bonchev–Trinajstić information content (AvgIpc) is 3.14. The highest BCUT2D eigenvalue weighted by molar-refractivity contribution is 5.91. The number of carbonyl (C=O) groups excluding carboxylic acids is 2. The quantitative estimate of drug-likeness (QED) is 0.236. The first-order valence-corrected chi connectivity index (χ1v) is 11.1. The lowest BCUT2D eigenvalue weighted by atomic mass is 9.99. The molecule has 0 saturated carbocycles. The number of rotatable bonds is 8. The van der Waals surface area contributed by atoms with Crippen molar-refractivity contribution in [3.05, 3.63) is 59.2 Å². The summed E-state index contributed by atoms with van der Waals surface area (Å²) >= 11 is 0. The minimum absolute atomic E-state index is 0.0472. The molecule has 0 amide bonds. The Morgan fingerprint density at radius 3 is 2.66 bits per heavy atom. The van der Waals surface area contributed by atoms with Gasteiger partial charge < -0.3 is 39.4 Å². The molecule has 0 unspecified atom stereocenters. The molecule has 0 aliphatic carbocycles. The monoisotopic (exact) mass is 490 g/mol. The first-order valence-electron chi connectivity index (χ1n) is 11.1. The molecule has 2 aliphatic rings. The lowest BCUT2D eigenvalue weighted by Crippen LogP contribution is -2.59. The van der Waals surface area contributed by atoms with Gasteiger partial charge in [-0.3, -0.25) is 0 Å². The fourth-order valence-corrected chi connectivity index (χ4v) is 3.63. The zero-order valence-corrected chi connectivity index (χ0v) is 19.4. The van der Waals surface area contributed by atoms with Gasteiger partial charge in [0, 0.05) is 18.1 Å². The van der Waals surface area contributed by atoms with E-state index in [1.54, 1.807) is 12.1 Å². The number of carbonyl (C=O) groups is 2. The van der Waals surface area contributed by atoms with Crippen LogP contribution in [0.4, 0.5) is 0 Å². The maximum absolute atomic E-state index is 12.0. The fourth-order valence-electron chi connectivity index (χ4n) is 3.63. The van der Waals surface area contributed by atoms with E-state index in [-0.39, 0.29) is 18.5 Å². The fraction of sp³-hybridized carbons (Fsp3) is 0.440. The number of phenols is 1. The van der Waals surface area contributed by atoms with Gasteiger partial charge in [0.15, 0.2) is 6.29 Å². The van der Waals surface area contributed by atoms with Crippen LogP contribution in [0.15, 0.2) is 53.6 Å². The standard InChI is InChI=1S/C25H30O10/c1-14(2)10-18-12-16(24(31)34-18)8-9-32-25-23(30)22(29)21(28)19(35-25)13-33-20(27)7-6-15-4-3-5-17(26)11-15/h3-8,10-11,18-19,21-23,25-26,28-30H,9,12-13H2,1-2H3/b7-6+,16-8+/t18-,19+,21+,22-,23+,25+/m0/s1. The predicted octanol–water partition coefficient (Wildman–Crippen LogP) is 0.981. The third-order valence-corrected chi connectivity index (χ3v) is 5.39. The summed E-state index contributed by atoms with van der Waals surface area (Å²) in [4.78, 5) is 24.0. The minimum atomic E-state index is -1.61. The second-order valence-corrected chi connectivity index (χ2v) is 8.53. The van der Waals surface area contributed by atoms with Crippen LogP contribution in [0.5, 0.6) is 5.75 Å². The average molecular weight is 491 g/mol. The van der Waals surface area contributed by atoms with Crippen molar-refractivity contribution >= 4 is 18.0 Å². The number of aliphatic hydroxyl groups is 3. The molecular formula is C25H30O10. The van der Waals surface area contributed by atoms with Crippen molar-refractivity contribution in [3.63, 3.8) is 0 Å². The molecule has 0 spiro atoms. The van der Waals surface area contributed by atoms with Crippen LogP contribution in [0.1, 0.15) is 25.8 Å². The number of phenolic OH excluding ortho intramolecular Hbond substituents is 1. The number of cyclic esters (lactones) is 1. The molecule has 0 radical (unpaired) electrons. The summed E-state index contributed by atoms with van der Waals surface area (Å²) in [7, 11) is 0. The zero-order chi connectivity index (χ0) is 25.5. The molecule has 2 heterocycles. The Kier molecular flexibility index (Phi) is 9.19. The Balaban J connectivity index is 1.52. The van der Waals surface area contributed by atoms with Crippen molar-refractivity contribution in [2.24, 2.45) is 0 Å². The largest absolute Gasteiger partial charge is 0.508 e. The molecule has 0 bridgehead atoms. The van der Waals surface area contributed by atoms with E-state index in [2.05, 4.69) is 0 Å². The van der Waals surface area contributed by atoms with Gasteiger partial charge in [-0.2, -0.15) is 0 Å². The van der Waals surface area contributed by atoms with Crippen molar-refractivity contribution in [2.75, 3.05) is 13.2 Å². The van der Waals surface area contributed by atoms with Gasteiger partial charge in [0.1, 0.15) is 42.9 Å². The summed E-state index contributed by atoms with van der Waals surface area (Å²) in [6.07, 6.45) is -1.21. The molecule has 35 heavy (non-hydrogen) atoms. The van der Waals surface area contributed by atoms with Crippen LogP contribution < -0.4 is 0 Å². The maximum Gasteiger partial charge on any atom is 0.334 e. The summed E-state index contributed by atoms with van der Waals surface area (Å²) in [6, 6.07) is 6.25. The van der Waals surface area contributed by atoms with Gasteiger partial charge in [-0.25, -0.2) is 9.59 Å². The van der Waals surface area contributed by atoms with E-state index in [1.807, 2.05) is 19.9 Å². The summed E-state index contributed by atoms with van der Waals surface area (Å²) in [5, 5.41) is 40.0. The predicted molar refractivity (Wildman–Crippen MR) is 123 cm³/mol. The number of aliphatic hydroxyl groups excluding tert-OH is 3. The Hall–Kier alpha value is -3.02. The molecule has 10 nitrogen and oxygen atoms in total. The molecule has 2 fully saturated rings. The highest BCUT2D eigenvalue weighted by atomic mass is 16.7. The first kappa shape index (κ1) is 26.6. The second-order valence-electron chi connectivity index (χ2n) is 8.53. The number of esters is 2. The van der Waals surface area contributed by atoms with Crippen LogP contribution in [0, 0.1) is 0 Å². The van der Waals surface area contributed by atoms with Crippen molar-refractivity contribution in [1.82, 2.24) is 0 Å². The van der Waals surface area contributed by atoms with Crippen LogP contribution in [0.2, 0.25) is 0 Å². The smallest absolute Gasteiger partial charge is 0.334 e. The van der Waals surface area contributed by atoms with E-state index in [9.17, 15) is 30.0 Å². The van der Waals surface area contributed by atoms with Gasteiger partial charge in [0.05, 0.1) is 6.61 Å². The van der Waals surface area contributed by atoms with Gasteiger partial charge in [-0.15, -0.1) is 0 Å². The number of hydrogen-bond acceptors (Lipinski definition) is 10. The van der Waals surface area contributed by atoms with Gasteiger partial charge in [-0.1, -0.05) is 17.7 Å². The van der Waals surface area contributed by atoms with Gasteiger partial charge in [-0.05, 0) is 49.8 Å². The molecule has 6 atom stereocenters. The van der Waals surface area contributed by atoms with Crippen LogP contribution in [-0.4, -0.2) is 82.4 Å². The lowest BCUT2D eigenvalue weighted by molar-refractivity contribution is -0.299. The summed E-state index contributed by atoms with van der Waals surface area (Å²) in [5.41, 5.74) is 2.02. The highest BCUT2D eigenvalue weighted by Gasteiger charge is 2.44. The zero-order valence-electron chi connectivity index (χ0n) is 19.4. The molecule has 190 valence electrons. The van der Waals surface area contributed by atoms with Crippen molar-refractivity contribution in [2.45, 2.75) is 57.1 Å². The Labute approximate surface area is 202 Å². The number of aromatic hydroxyl groups is 1. The molecule has 0 aromatic heterocycles. The van der Waals surface area contributed by atoms with Gasteiger partial charge in [0.25, 0.3) is 0 Å². The number of ether oxygens (including phenoxy) is 4. The third-order valence-electron chi connectivity index (χ3n) is 5.39. The topological polar surface area (TPSA) is 152 Å². The van der Waals surface area contributed by atoms with Crippen LogP contribution in [-0.2, 0) is 28.5 Å². The van der Waals surface area contributed by atoms with Crippen LogP contribution >= 0.6 is 0 Å². The van der Waals surface area contributed by atoms with Gasteiger partial charge >= 0.3 is 11.9 Å². The molecule has 4 N–H and O–H groups in total. The van der Waals surface area contributed by atoms with E-state index in [0.29, 0.717) is 17.6 Å². The van der Waals surface area contributed by atoms with E-state index in [1.165, 1.54) is 24.3 Å². The number of hydrogen-bond donors (Lipinski definition) is 4. The summed E-state index contributed by atoms with van der Waals surface area (Å²) in [5.74, 6) is -1.15. The van der Waals surface area contributed by atoms with Gasteiger partial charge in [0.2, 0.25) is 0 Å². The molecular weight excluding hydrogens is 460 g/mol. The van der Waals surface area contributed by atoms with E-state index < -0.39 is 49.3 Å². The second kappa shape index (κ2) is 12.1. The Morgan fingerprint density at radius 1 is 1.17 bits per heavy atom. The number of benzene rings is 1. The van der Waals surface area contributed by atoms with E-state index in [0.717, 1.165) is 11.6 Å². The van der Waals surface area contributed by atoms with Crippen LogP contribution in [0.25, 0.3) is 6.08 Å². The minimum Gasteiger partial charge on any atom is -0.508 e. The lowest BCUT2D eigenvalue weighted by Gasteiger charge is -2.39. The van der Waals surface area contributed by atoms with Crippen LogP contribution in [0.3, 0.4) is 0 Å². The third kappa shape index (κ3) is 7.48. The highest BCUT2D eigenvalue weighted by Crippen LogP contribution is 2.25. The molecule has 10 heteroatoms. The molecule has 2 aliphatic heterocycles. The van der Waals surface area contributed by atoms with E-state index >= 15 is 0 Å². The SMILES string of the molecule is CC(C)=C[C@H]1C/C(=C\CO[C@@H]2O[C@H](COC(=O)/C=C/c3cccc(O)c3)[C@@H](O)[C@H](O)[C@H]2O)C(=O)O1. The molecule has 2 saturated heterocycles. The molecule has 1 aromatic rings. The normalized spacial score (nSPS) is 29.9. The number of allylic oxidation sites excluding steroid dienone is 1. The first-order chi connectivity index (χ1) is 16.6. The summed E-state index contributed by atoms with van der Waals surface area (Å²) < 4.78 is 21.3. The van der Waals surface area contributed by atoms with Crippen molar-refractivity contribution in [1.29, 1.82) is 0 Å². The molecule has 1 aromatic carbocycles.